The van der Waals surface area contributed by atoms with Crippen molar-refractivity contribution in [3.63, 3.8) is 0 Å². The highest BCUT2D eigenvalue weighted by Gasteiger charge is 2.38. The van der Waals surface area contributed by atoms with E-state index in [2.05, 4.69) is 20.4 Å². The Morgan fingerprint density at radius 1 is 1.20 bits per heavy atom. The van der Waals surface area contributed by atoms with Crippen molar-refractivity contribution in [1.82, 2.24) is 15.2 Å². The third-order valence-electron chi connectivity index (χ3n) is 6.17. The molecule has 9 heteroatoms. The minimum atomic E-state index is -0.630. The summed E-state index contributed by atoms with van der Waals surface area (Å²) in [5.41, 5.74) is 3.35. The van der Waals surface area contributed by atoms with E-state index in [9.17, 15) is 14.7 Å². The maximum atomic E-state index is 13.3. The van der Waals surface area contributed by atoms with Crippen molar-refractivity contribution in [2.24, 2.45) is 21.9 Å². The number of pyridine rings is 1. The minimum Gasteiger partial charge on any atom is -0.394 e. The fourth-order valence-electron chi connectivity index (χ4n) is 4.17. The Bertz CT molecular complexity index is 1050. The van der Waals surface area contributed by atoms with E-state index in [0.29, 0.717) is 18.7 Å². The largest absolute Gasteiger partial charge is 0.394 e. The summed E-state index contributed by atoms with van der Waals surface area (Å²) in [4.78, 5) is 36.5. The molecular weight excluding hydrogens is 444 g/mol. The number of hydrogen-bond acceptors (Lipinski definition) is 7. The molecule has 4 N–H and O–H groups in total. The summed E-state index contributed by atoms with van der Waals surface area (Å²) in [6, 6.07) is 9.70. The minimum absolute atomic E-state index is 0.0577. The van der Waals surface area contributed by atoms with Crippen LogP contribution in [0.1, 0.15) is 45.2 Å². The van der Waals surface area contributed by atoms with E-state index in [0.717, 1.165) is 23.1 Å². The number of nitrogens with zero attached hydrogens (tertiary/aromatic N) is 4. The van der Waals surface area contributed by atoms with E-state index in [1.807, 2.05) is 50.2 Å². The lowest BCUT2D eigenvalue weighted by Crippen LogP contribution is -2.50. The van der Waals surface area contributed by atoms with Crippen LogP contribution in [0.3, 0.4) is 0 Å². The van der Waals surface area contributed by atoms with Crippen molar-refractivity contribution in [1.29, 1.82) is 0 Å². The summed E-state index contributed by atoms with van der Waals surface area (Å²) < 4.78 is 0. The average molecular weight is 479 g/mol. The number of amides is 2. The molecule has 1 saturated heterocycles. The van der Waals surface area contributed by atoms with E-state index in [1.54, 1.807) is 24.2 Å². The van der Waals surface area contributed by atoms with Gasteiger partial charge in [-0.15, -0.1) is 0 Å². The Labute approximate surface area is 206 Å². The highest BCUT2D eigenvalue weighted by atomic mass is 16.3. The van der Waals surface area contributed by atoms with Crippen LogP contribution in [0.25, 0.3) is 11.1 Å². The summed E-state index contributed by atoms with van der Waals surface area (Å²) >= 11 is 0. The Balaban J connectivity index is 1.71. The monoisotopic (exact) mass is 478 g/mol. The van der Waals surface area contributed by atoms with Crippen LogP contribution in [-0.2, 0) is 9.59 Å². The first-order chi connectivity index (χ1) is 16.8. The molecule has 186 valence electrons. The third-order valence-corrected chi connectivity index (χ3v) is 6.17. The number of likely N-dealkylation sites (tertiary alicyclic amines) is 1. The fraction of sp³-hybridized carbons (Fsp3) is 0.423. The van der Waals surface area contributed by atoms with Gasteiger partial charge in [0, 0.05) is 25.2 Å². The van der Waals surface area contributed by atoms with Gasteiger partial charge in [0.2, 0.25) is 11.8 Å². The second-order valence-corrected chi connectivity index (χ2v) is 9.03. The molecule has 0 spiro atoms. The zero-order chi connectivity index (χ0) is 25.4. The first kappa shape index (κ1) is 26.0. The molecule has 1 fully saturated rings. The number of hydrogen-bond donors (Lipinski definition) is 3. The summed E-state index contributed by atoms with van der Waals surface area (Å²) in [5, 5.41) is 16.5. The van der Waals surface area contributed by atoms with Crippen molar-refractivity contribution in [2.75, 3.05) is 13.2 Å². The number of aromatic nitrogens is 1. The van der Waals surface area contributed by atoms with Crippen molar-refractivity contribution < 1.29 is 14.7 Å². The molecule has 9 nitrogen and oxygen atoms in total. The van der Waals surface area contributed by atoms with Crippen molar-refractivity contribution in [2.45, 2.75) is 51.7 Å². The Hall–Kier alpha value is -3.59. The first-order valence-corrected chi connectivity index (χ1v) is 11.9. The van der Waals surface area contributed by atoms with E-state index in [-0.39, 0.29) is 24.3 Å². The molecule has 0 bridgehead atoms. The van der Waals surface area contributed by atoms with Gasteiger partial charge < -0.3 is 21.2 Å². The van der Waals surface area contributed by atoms with Gasteiger partial charge in [0.05, 0.1) is 18.4 Å². The number of carbonyl (C=O) groups excluding carboxylic acids is 2. The van der Waals surface area contributed by atoms with Crippen LogP contribution in [0.15, 0.2) is 58.9 Å². The standard InChI is InChI=1S/C26H34N6O3/c1-17(2)24(29-15-18(3)31-27)26(35)32-14-4-5-23(32)25(34)30-22(16-33)21-8-6-19(7-9-21)20-10-12-28-13-11-20/h6-13,15,17,22-24,33H,4-5,14,16,27H2,1-3H3,(H,30,34)/t22-,23-,24-/m0/s1. The highest BCUT2D eigenvalue weighted by molar-refractivity contribution is 6.29. The van der Waals surface area contributed by atoms with E-state index in [1.165, 1.54) is 6.21 Å². The number of nitrogens with one attached hydrogen (secondary N) is 1. The van der Waals surface area contributed by atoms with Crippen LogP contribution in [0.5, 0.6) is 0 Å². The zero-order valence-corrected chi connectivity index (χ0v) is 20.5. The molecular formula is C26H34N6O3. The maximum absolute atomic E-state index is 13.3. The number of aliphatic hydroxyl groups is 1. The van der Waals surface area contributed by atoms with Gasteiger partial charge in [-0.1, -0.05) is 38.1 Å². The van der Waals surface area contributed by atoms with Gasteiger partial charge >= 0.3 is 0 Å². The van der Waals surface area contributed by atoms with Gasteiger partial charge in [-0.2, -0.15) is 5.10 Å². The lowest BCUT2D eigenvalue weighted by atomic mass is 10.0. The molecule has 0 saturated carbocycles. The molecule has 3 rings (SSSR count). The van der Waals surface area contributed by atoms with E-state index in [4.69, 9.17) is 5.84 Å². The van der Waals surface area contributed by atoms with Gasteiger partial charge in [-0.25, -0.2) is 0 Å². The SMILES string of the molecule is CC(C=N[C@H](C(=O)N1CCC[C@H]1C(=O)N[C@@H](CO)c1ccc(-c2ccncc2)cc1)C(C)C)=NN. The molecule has 1 aromatic carbocycles. The summed E-state index contributed by atoms with van der Waals surface area (Å²) in [7, 11) is 0. The molecule has 0 radical (unpaired) electrons. The van der Waals surface area contributed by atoms with Gasteiger partial charge in [-0.05, 0) is 54.5 Å². The van der Waals surface area contributed by atoms with Crippen molar-refractivity contribution >= 4 is 23.7 Å². The van der Waals surface area contributed by atoms with Gasteiger partial charge in [0.15, 0.2) is 0 Å². The van der Waals surface area contributed by atoms with Gasteiger partial charge in [0.25, 0.3) is 0 Å². The van der Waals surface area contributed by atoms with Crippen LogP contribution in [0.2, 0.25) is 0 Å². The van der Waals surface area contributed by atoms with E-state index < -0.39 is 18.1 Å². The number of carbonyl (C=O) groups is 2. The molecule has 2 aromatic rings. The summed E-state index contributed by atoms with van der Waals surface area (Å²) in [5.74, 6) is 4.74. The van der Waals surface area contributed by atoms with Crippen LogP contribution in [0.4, 0.5) is 0 Å². The number of aliphatic imine (C=N–C) groups is 1. The fourth-order valence-corrected chi connectivity index (χ4v) is 4.17. The lowest BCUT2D eigenvalue weighted by molar-refractivity contribution is -0.140. The lowest BCUT2D eigenvalue weighted by Gasteiger charge is -2.29. The number of hydrazone groups is 1. The number of rotatable bonds is 9. The summed E-state index contributed by atoms with van der Waals surface area (Å²) in [6.07, 6.45) is 6.25. The molecule has 0 aliphatic carbocycles. The van der Waals surface area contributed by atoms with Crippen LogP contribution >= 0.6 is 0 Å². The van der Waals surface area contributed by atoms with Crippen molar-refractivity contribution in [3.8, 4) is 11.1 Å². The predicted octanol–water partition coefficient (Wildman–Crippen LogP) is 2.32. The second kappa shape index (κ2) is 12.2. The molecule has 1 aliphatic rings. The van der Waals surface area contributed by atoms with Crippen LogP contribution in [-0.4, -0.2) is 64.0 Å². The Kier molecular flexibility index (Phi) is 9.08. The Morgan fingerprint density at radius 2 is 1.86 bits per heavy atom. The molecule has 2 amide bonds. The molecule has 35 heavy (non-hydrogen) atoms. The number of nitrogens with two attached hydrogens (primary N) is 1. The highest BCUT2D eigenvalue weighted by Crippen LogP contribution is 2.24. The first-order valence-electron chi connectivity index (χ1n) is 11.9. The summed E-state index contributed by atoms with van der Waals surface area (Å²) in [6.45, 7) is 5.77. The smallest absolute Gasteiger partial charge is 0.248 e. The maximum Gasteiger partial charge on any atom is 0.248 e. The number of aliphatic hydroxyl groups excluding tert-OH is 1. The van der Waals surface area contributed by atoms with Gasteiger partial charge in [0.1, 0.15) is 12.1 Å². The quantitative estimate of drug-likeness (QED) is 0.289. The molecule has 0 unspecified atom stereocenters. The van der Waals surface area contributed by atoms with Crippen molar-refractivity contribution in [3.05, 3.63) is 54.4 Å². The molecule has 1 aliphatic heterocycles. The third kappa shape index (κ3) is 6.51. The predicted molar refractivity (Wildman–Crippen MR) is 137 cm³/mol. The molecule has 3 atom stereocenters. The molecule has 2 heterocycles. The van der Waals surface area contributed by atoms with Crippen LogP contribution < -0.4 is 11.2 Å². The normalized spacial score (nSPS) is 18.1. The van der Waals surface area contributed by atoms with Gasteiger partial charge in [-0.3, -0.25) is 19.6 Å². The number of benzene rings is 1. The Morgan fingerprint density at radius 3 is 2.46 bits per heavy atom. The molecule has 1 aromatic heterocycles. The zero-order valence-electron chi connectivity index (χ0n) is 20.5. The topological polar surface area (TPSA) is 133 Å². The average Bonchev–Trinajstić information content (AvgIpc) is 3.37. The second-order valence-electron chi connectivity index (χ2n) is 9.03. The van der Waals surface area contributed by atoms with E-state index >= 15 is 0 Å². The van der Waals surface area contributed by atoms with Crippen LogP contribution in [0, 0.1) is 5.92 Å².